The second-order valence-corrected chi connectivity index (χ2v) is 6.84. The van der Waals surface area contributed by atoms with Crippen LogP contribution in [0.1, 0.15) is 5.01 Å². The molecular weight excluding hydrogens is 390 g/mol. The molecule has 0 aliphatic carbocycles. The third kappa shape index (κ3) is 3.81. The molecule has 1 aliphatic rings. The van der Waals surface area contributed by atoms with Crippen LogP contribution in [0, 0.1) is 11.3 Å². The van der Waals surface area contributed by atoms with Crippen LogP contribution in [0.2, 0.25) is 0 Å². The Hall–Kier alpha value is -3.70. The van der Waals surface area contributed by atoms with Crippen LogP contribution in [0.5, 0.6) is 23.0 Å². The molecule has 0 spiro atoms. The summed E-state index contributed by atoms with van der Waals surface area (Å²) in [5.74, 6) is 2.73. The number of methoxy groups -OCH3 is 2. The van der Waals surface area contributed by atoms with Gasteiger partial charge < -0.3 is 24.3 Å². The number of benzene rings is 2. The van der Waals surface area contributed by atoms with Crippen LogP contribution < -0.4 is 24.3 Å². The SMILES string of the molecule is COc1ccc(OC)c(N/C=C(\C#N)c2nc(-c3ccc4c(c3)OCO4)cs2)c1. The van der Waals surface area contributed by atoms with Gasteiger partial charge in [0.15, 0.2) is 11.5 Å². The van der Waals surface area contributed by atoms with Gasteiger partial charge in [-0.15, -0.1) is 11.3 Å². The standard InChI is InChI=1S/C21H17N3O4S/c1-25-15-4-6-18(26-2)16(8-15)23-10-14(9-22)21-24-17(11-29-21)13-3-5-19-20(7-13)28-12-27-19/h3-8,10-11,23H,12H2,1-2H3/b14-10+. The van der Waals surface area contributed by atoms with Crippen molar-refractivity contribution in [3.63, 3.8) is 0 Å². The second-order valence-electron chi connectivity index (χ2n) is 5.99. The molecule has 8 heteroatoms. The summed E-state index contributed by atoms with van der Waals surface area (Å²) < 4.78 is 21.4. The van der Waals surface area contributed by atoms with Gasteiger partial charge in [-0.05, 0) is 30.3 Å². The van der Waals surface area contributed by atoms with Gasteiger partial charge in [0, 0.05) is 23.2 Å². The topological polar surface area (TPSA) is 85.6 Å². The molecule has 4 rings (SSSR count). The van der Waals surface area contributed by atoms with Gasteiger partial charge in [-0.3, -0.25) is 0 Å². The molecule has 0 unspecified atom stereocenters. The van der Waals surface area contributed by atoms with E-state index in [9.17, 15) is 5.26 Å². The third-order valence-electron chi connectivity index (χ3n) is 4.30. The monoisotopic (exact) mass is 407 g/mol. The van der Waals surface area contributed by atoms with Gasteiger partial charge >= 0.3 is 0 Å². The number of fused-ring (bicyclic) bond motifs is 1. The Morgan fingerprint density at radius 1 is 1.17 bits per heavy atom. The predicted octanol–water partition coefficient (Wildman–Crippen LogP) is 4.53. The minimum Gasteiger partial charge on any atom is -0.497 e. The molecule has 3 aromatic rings. The number of thiazole rings is 1. The second kappa shape index (κ2) is 8.12. The van der Waals surface area contributed by atoms with Gasteiger partial charge in [-0.1, -0.05) is 0 Å². The Kier molecular flexibility index (Phi) is 5.22. The highest BCUT2D eigenvalue weighted by atomic mass is 32.1. The number of aromatic nitrogens is 1. The maximum absolute atomic E-state index is 9.61. The molecule has 0 radical (unpaired) electrons. The highest BCUT2D eigenvalue weighted by Gasteiger charge is 2.16. The van der Waals surface area contributed by atoms with Gasteiger partial charge in [0.1, 0.15) is 28.1 Å². The lowest BCUT2D eigenvalue weighted by molar-refractivity contribution is 0.174. The molecule has 146 valence electrons. The van der Waals surface area contributed by atoms with Crippen molar-refractivity contribution in [2.75, 3.05) is 26.3 Å². The summed E-state index contributed by atoms with van der Waals surface area (Å²) in [7, 11) is 3.18. The van der Waals surface area contributed by atoms with E-state index in [1.807, 2.05) is 23.6 Å². The molecule has 0 amide bonds. The Labute approximate surface area is 171 Å². The highest BCUT2D eigenvalue weighted by Crippen LogP contribution is 2.36. The average Bonchev–Trinajstić information content (AvgIpc) is 3.43. The first-order chi connectivity index (χ1) is 14.2. The number of nitriles is 1. The van der Waals surface area contributed by atoms with E-state index in [2.05, 4.69) is 16.4 Å². The van der Waals surface area contributed by atoms with Crippen molar-refractivity contribution < 1.29 is 18.9 Å². The molecular formula is C21H17N3O4S. The number of nitrogens with one attached hydrogen (secondary N) is 1. The van der Waals surface area contributed by atoms with Crippen molar-refractivity contribution in [2.45, 2.75) is 0 Å². The summed E-state index contributed by atoms with van der Waals surface area (Å²) in [4.78, 5) is 4.60. The number of hydrogen-bond donors (Lipinski definition) is 1. The Morgan fingerprint density at radius 2 is 2.03 bits per heavy atom. The van der Waals surface area contributed by atoms with Crippen molar-refractivity contribution in [3.05, 3.63) is 53.0 Å². The number of allylic oxidation sites excluding steroid dienone is 1. The average molecular weight is 407 g/mol. The molecule has 7 nitrogen and oxygen atoms in total. The number of rotatable bonds is 6. The molecule has 0 fully saturated rings. The van der Waals surface area contributed by atoms with E-state index in [1.54, 1.807) is 38.6 Å². The number of nitrogens with zero attached hydrogens (tertiary/aromatic N) is 2. The third-order valence-corrected chi connectivity index (χ3v) is 5.18. The molecule has 0 saturated heterocycles. The Bertz CT molecular complexity index is 1120. The van der Waals surface area contributed by atoms with Crippen molar-refractivity contribution >= 4 is 22.6 Å². The first-order valence-corrected chi connectivity index (χ1v) is 9.54. The lowest BCUT2D eigenvalue weighted by Crippen LogP contribution is -1.96. The normalized spacial score (nSPS) is 12.4. The fraction of sp³-hybridized carbons (Fsp3) is 0.143. The van der Waals surface area contributed by atoms with E-state index in [0.29, 0.717) is 33.5 Å². The molecule has 2 aromatic carbocycles. The maximum atomic E-state index is 9.61. The molecule has 0 atom stereocenters. The van der Waals surface area contributed by atoms with Crippen LogP contribution in [0.4, 0.5) is 5.69 Å². The summed E-state index contributed by atoms with van der Waals surface area (Å²) in [6, 6.07) is 13.2. The minimum absolute atomic E-state index is 0.224. The van der Waals surface area contributed by atoms with E-state index in [4.69, 9.17) is 18.9 Å². The lowest BCUT2D eigenvalue weighted by atomic mass is 10.1. The van der Waals surface area contributed by atoms with Gasteiger partial charge in [-0.2, -0.15) is 5.26 Å². The first-order valence-electron chi connectivity index (χ1n) is 8.66. The predicted molar refractivity (Wildman–Crippen MR) is 110 cm³/mol. The van der Waals surface area contributed by atoms with Crippen molar-refractivity contribution in [1.29, 1.82) is 5.26 Å². The fourth-order valence-electron chi connectivity index (χ4n) is 2.80. The van der Waals surface area contributed by atoms with Crippen molar-refractivity contribution in [1.82, 2.24) is 4.98 Å². The van der Waals surface area contributed by atoms with Crippen molar-refractivity contribution in [2.24, 2.45) is 0 Å². The van der Waals surface area contributed by atoms with Gasteiger partial charge in [-0.25, -0.2) is 4.98 Å². The zero-order chi connectivity index (χ0) is 20.2. The molecule has 29 heavy (non-hydrogen) atoms. The van der Waals surface area contributed by atoms with Crippen LogP contribution in [-0.4, -0.2) is 26.0 Å². The van der Waals surface area contributed by atoms with Gasteiger partial charge in [0.25, 0.3) is 0 Å². The summed E-state index contributed by atoms with van der Waals surface area (Å²) >= 11 is 1.39. The van der Waals surface area contributed by atoms with E-state index in [-0.39, 0.29) is 6.79 Å². The lowest BCUT2D eigenvalue weighted by Gasteiger charge is -2.10. The number of hydrogen-bond acceptors (Lipinski definition) is 8. The van der Waals surface area contributed by atoms with Crippen LogP contribution in [0.3, 0.4) is 0 Å². The smallest absolute Gasteiger partial charge is 0.231 e. The van der Waals surface area contributed by atoms with Crippen LogP contribution in [0.25, 0.3) is 16.8 Å². The quantitative estimate of drug-likeness (QED) is 0.601. The molecule has 0 bridgehead atoms. The molecule has 2 heterocycles. The maximum Gasteiger partial charge on any atom is 0.231 e. The summed E-state index contributed by atoms with van der Waals surface area (Å²) in [5, 5.41) is 15.2. The van der Waals surface area contributed by atoms with Crippen molar-refractivity contribution in [3.8, 4) is 40.3 Å². The molecule has 1 N–H and O–H groups in total. The van der Waals surface area contributed by atoms with Gasteiger partial charge in [0.05, 0.1) is 25.6 Å². The molecule has 0 saturated carbocycles. The van der Waals surface area contributed by atoms with E-state index in [0.717, 1.165) is 17.0 Å². The number of anilines is 1. The Morgan fingerprint density at radius 3 is 2.83 bits per heavy atom. The summed E-state index contributed by atoms with van der Waals surface area (Å²) in [6.45, 7) is 0.224. The first kappa shape index (κ1) is 18.7. The fourth-order valence-corrected chi connectivity index (χ4v) is 3.60. The van der Waals surface area contributed by atoms with E-state index < -0.39 is 0 Å². The zero-order valence-electron chi connectivity index (χ0n) is 15.8. The zero-order valence-corrected chi connectivity index (χ0v) is 16.6. The van der Waals surface area contributed by atoms with Gasteiger partial charge in [0.2, 0.25) is 6.79 Å². The number of ether oxygens (including phenoxy) is 4. The van der Waals surface area contributed by atoms with Crippen LogP contribution in [0.15, 0.2) is 48.0 Å². The summed E-state index contributed by atoms with van der Waals surface area (Å²) in [5.41, 5.74) is 2.76. The van der Waals surface area contributed by atoms with Crippen LogP contribution in [-0.2, 0) is 0 Å². The molecule has 1 aromatic heterocycles. The van der Waals surface area contributed by atoms with E-state index in [1.165, 1.54) is 11.3 Å². The molecule has 1 aliphatic heterocycles. The summed E-state index contributed by atoms with van der Waals surface area (Å²) in [6.07, 6.45) is 1.61. The Balaban J connectivity index is 1.58. The minimum atomic E-state index is 0.224. The largest absolute Gasteiger partial charge is 0.497 e. The van der Waals surface area contributed by atoms with E-state index >= 15 is 0 Å². The highest BCUT2D eigenvalue weighted by molar-refractivity contribution is 7.11. The van der Waals surface area contributed by atoms with Crippen LogP contribution >= 0.6 is 11.3 Å².